The van der Waals surface area contributed by atoms with Crippen LogP contribution in [0.2, 0.25) is 0 Å². The van der Waals surface area contributed by atoms with Gasteiger partial charge in [-0.2, -0.15) is 0 Å². The van der Waals surface area contributed by atoms with E-state index in [9.17, 15) is 0 Å². The molecule has 112 valence electrons. The highest BCUT2D eigenvalue weighted by atomic mass is 79.9. The highest BCUT2D eigenvalue weighted by Crippen LogP contribution is 2.27. The van der Waals surface area contributed by atoms with Crippen LogP contribution in [0.15, 0.2) is 29.0 Å². The number of anilines is 1. The van der Waals surface area contributed by atoms with Crippen molar-refractivity contribution in [3.8, 4) is 0 Å². The lowest BCUT2D eigenvalue weighted by molar-refractivity contribution is -0.0807. The predicted molar refractivity (Wildman–Crippen MR) is 85.5 cm³/mol. The van der Waals surface area contributed by atoms with Gasteiger partial charge in [-0.3, -0.25) is 0 Å². The number of halogens is 1. The third kappa shape index (κ3) is 3.17. The maximum absolute atomic E-state index is 5.74. The van der Waals surface area contributed by atoms with Gasteiger partial charge in [0.2, 0.25) is 0 Å². The van der Waals surface area contributed by atoms with Crippen LogP contribution in [0.1, 0.15) is 12.8 Å². The molecule has 1 aromatic carbocycles. The minimum atomic E-state index is -0.179. The molecule has 1 saturated heterocycles. The van der Waals surface area contributed by atoms with E-state index in [1.165, 1.54) is 0 Å². The van der Waals surface area contributed by atoms with E-state index in [0.717, 1.165) is 47.2 Å². The number of nitrogens with one attached hydrogen (secondary N) is 1. The fourth-order valence-corrected chi connectivity index (χ4v) is 2.97. The lowest BCUT2D eigenvalue weighted by Gasteiger charge is -2.36. The van der Waals surface area contributed by atoms with Crippen molar-refractivity contribution in [2.75, 3.05) is 32.2 Å². The number of rotatable bonds is 4. The van der Waals surface area contributed by atoms with Gasteiger partial charge in [-0.25, -0.2) is 9.97 Å². The number of fused-ring (bicyclic) bond motifs is 1. The Bertz CT molecular complexity index is 629. The Kier molecular flexibility index (Phi) is 4.37. The molecule has 3 rings (SSSR count). The van der Waals surface area contributed by atoms with Crippen molar-refractivity contribution in [2.24, 2.45) is 0 Å². The maximum atomic E-state index is 5.74. The molecule has 1 aromatic heterocycles. The van der Waals surface area contributed by atoms with E-state index in [0.29, 0.717) is 6.54 Å². The Morgan fingerprint density at radius 3 is 2.90 bits per heavy atom. The average molecular weight is 352 g/mol. The van der Waals surface area contributed by atoms with Crippen molar-refractivity contribution in [1.82, 2.24) is 9.97 Å². The highest BCUT2D eigenvalue weighted by molar-refractivity contribution is 9.10. The first-order chi connectivity index (χ1) is 10.2. The molecule has 0 atom stereocenters. The summed E-state index contributed by atoms with van der Waals surface area (Å²) in [5.41, 5.74) is 0.746. The molecule has 2 aromatic rings. The monoisotopic (exact) mass is 351 g/mol. The minimum Gasteiger partial charge on any atom is -0.381 e. The Labute approximate surface area is 132 Å². The Morgan fingerprint density at radius 2 is 2.14 bits per heavy atom. The summed E-state index contributed by atoms with van der Waals surface area (Å²) in [5, 5.41) is 4.43. The predicted octanol–water partition coefficient (Wildman–Crippen LogP) is 3.00. The van der Waals surface area contributed by atoms with Crippen LogP contribution in [0.4, 0.5) is 5.82 Å². The largest absolute Gasteiger partial charge is 0.381 e. The van der Waals surface area contributed by atoms with Crippen LogP contribution >= 0.6 is 15.9 Å². The summed E-state index contributed by atoms with van der Waals surface area (Å²) in [6, 6.07) is 5.99. The first-order valence-electron chi connectivity index (χ1n) is 6.99. The molecule has 0 amide bonds. The summed E-state index contributed by atoms with van der Waals surface area (Å²) < 4.78 is 12.2. The molecular weight excluding hydrogens is 334 g/mol. The summed E-state index contributed by atoms with van der Waals surface area (Å²) >= 11 is 3.49. The van der Waals surface area contributed by atoms with E-state index in [-0.39, 0.29) is 5.60 Å². The number of aromatic nitrogens is 2. The van der Waals surface area contributed by atoms with Gasteiger partial charge in [0.1, 0.15) is 12.1 Å². The van der Waals surface area contributed by atoms with Crippen molar-refractivity contribution in [3.63, 3.8) is 0 Å². The van der Waals surface area contributed by atoms with Gasteiger partial charge in [-0.1, -0.05) is 15.9 Å². The van der Waals surface area contributed by atoms with Crippen LogP contribution < -0.4 is 5.32 Å². The van der Waals surface area contributed by atoms with E-state index in [1.54, 1.807) is 13.4 Å². The summed E-state index contributed by atoms with van der Waals surface area (Å²) in [6.07, 6.45) is 3.37. The molecule has 5 nitrogen and oxygen atoms in total. The van der Waals surface area contributed by atoms with E-state index < -0.39 is 0 Å². The van der Waals surface area contributed by atoms with E-state index in [2.05, 4.69) is 31.2 Å². The highest BCUT2D eigenvalue weighted by Gasteiger charge is 2.32. The summed E-state index contributed by atoms with van der Waals surface area (Å²) in [4.78, 5) is 8.66. The molecule has 1 aliphatic heterocycles. The van der Waals surface area contributed by atoms with Gasteiger partial charge >= 0.3 is 0 Å². The lowest BCUT2D eigenvalue weighted by Crippen LogP contribution is -2.44. The zero-order valence-electron chi connectivity index (χ0n) is 11.9. The van der Waals surface area contributed by atoms with Crippen LogP contribution in [0.5, 0.6) is 0 Å². The number of nitrogens with zero attached hydrogens (tertiary/aromatic N) is 2. The first kappa shape index (κ1) is 14.7. The van der Waals surface area contributed by atoms with Gasteiger partial charge in [0, 0.05) is 49.6 Å². The Hall–Kier alpha value is -1.24. The molecule has 0 radical (unpaired) electrons. The molecule has 1 aliphatic rings. The molecular formula is C15H18BrN3O2. The standard InChI is InChI=1S/C15H18BrN3O2/c1-20-15(4-6-21-7-5-15)9-17-14-12-8-11(16)2-3-13(12)18-10-19-14/h2-3,8,10H,4-7,9H2,1H3,(H,17,18,19). The third-order valence-corrected chi connectivity index (χ3v) is 4.51. The van der Waals surface area contributed by atoms with Crippen molar-refractivity contribution in [1.29, 1.82) is 0 Å². The number of methoxy groups -OCH3 is 1. The molecule has 2 heterocycles. The van der Waals surface area contributed by atoms with Crippen molar-refractivity contribution in [3.05, 3.63) is 29.0 Å². The molecule has 0 saturated carbocycles. The van der Waals surface area contributed by atoms with Crippen LogP contribution in [-0.4, -0.2) is 42.4 Å². The maximum Gasteiger partial charge on any atom is 0.137 e. The third-order valence-electron chi connectivity index (χ3n) is 4.01. The second-order valence-corrected chi connectivity index (χ2v) is 6.15. The van der Waals surface area contributed by atoms with Crippen LogP contribution in [0, 0.1) is 0 Å². The molecule has 1 N–H and O–H groups in total. The molecule has 0 spiro atoms. The lowest BCUT2D eigenvalue weighted by atomic mass is 9.94. The smallest absolute Gasteiger partial charge is 0.137 e. The minimum absolute atomic E-state index is 0.179. The molecule has 0 bridgehead atoms. The zero-order valence-corrected chi connectivity index (χ0v) is 13.5. The normalized spacial score (nSPS) is 17.8. The first-order valence-corrected chi connectivity index (χ1v) is 7.79. The molecule has 21 heavy (non-hydrogen) atoms. The summed E-state index contributed by atoms with van der Waals surface area (Å²) in [7, 11) is 1.77. The van der Waals surface area contributed by atoms with E-state index >= 15 is 0 Å². The van der Waals surface area contributed by atoms with Gasteiger partial charge < -0.3 is 14.8 Å². The fraction of sp³-hybridized carbons (Fsp3) is 0.467. The summed E-state index contributed by atoms with van der Waals surface area (Å²) in [5.74, 6) is 0.837. The van der Waals surface area contributed by atoms with Crippen LogP contribution in [-0.2, 0) is 9.47 Å². The molecule has 0 unspecified atom stereocenters. The zero-order chi connectivity index (χ0) is 14.7. The fourth-order valence-electron chi connectivity index (χ4n) is 2.61. The van der Waals surface area contributed by atoms with E-state index in [4.69, 9.17) is 9.47 Å². The Morgan fingerprint density at radius 1 is 1.33 bits per heavy atom. The van der Waals surface area contributed by atoms with Crippen molar-refractivity contribution >= 4 is 32.7 Å². The van der Waals surface area contributed by atoms with Crippen molar-refractivity contribution < 1.29 is 9.47 Å². The number of ether oxygens (including phenoxy) is 2. The van der Waals surface area contributed by atoms with Gasteiger partial charge in [-0.05, 0) is 18.2 Å². The van der Waals surface area contributed by atoms with Crippen molar-refractivity contribution in [2.45, 2.75) is 18.4 Å². The number of benzene rings is 1. The molecule has 1 fully saturated rings. The van der Waals surface area contributed by atoms with Crippen LogP contribution in [0.3, 0.4) is 0 Å². The number of hydrogen-bond acceptors (Lipinski definition) is 5. The summed E-state index contributed by atoms with van der Waals surface area (Å²) in [6.45, 7) is 2.20. The molecule has 6 heteroatoms. The van der Waals surface area contributed by atoms with E-state index in [1.807, 2.05) is 18.2 Å². The Balaban J connectivity index is 1.83. The van der Waals surface area contributed by atoms with Crippen LogP contribution in [0.25, 0.3) is 10.9 Å². The van der Waals surface area contributed by atoms with Gasteiger partial charge in [0.25, 0.3) is 0 Å². The van der Waals surface area contributed by atoms with Gasteiger partial charge in [-0.15, -0.1) is 0 Å². The van der Waals surface area contributed by atoms with Gasteiger partial charge in [0.15, 0.2) is 0 Å². The molecule has 0 aliphatic carbocycles. The number of hydrogen-bond donors (Lipinski definition) is 1. The topological polar surface area (TPSA) is 56.3 Å². The average Bonchev–Trinajstić information content (AvgIpc) is 2.54. The quantitative estimate of drug-likeness (QED) is 0.917. The second-order valence-electron chi connectivity index (χ2n) is 5.24. The second kappa shape index (κ2) is 6.25. The van der Waals surface area contributed by atoms with Gasteiger partial charge in [0.05, 0.1) is 11.1 Å². The SMILES string of the molecule is COC1(CNc2ncnc3ccc(Br)cc23)CCOCC1.